The van der Waals surface area contributed by atoms with E-state index in [4.69, 9.17) is 0 Å². The van der Waals surface area contributed by atoms with Crippen LogP contribution in [0.2, 0.25) is 0 Å². The number of hydrogen-bond donors (Lipinski definition) is 1. The SMILES string of the molecule is C[C@H]1CCCC[C@H]1N1C(=O)C(=O)N(C[NH+]2CCN(C(=O)c3cccs3)CC2)C1=O. The number of piperazine rings is 1. The van der Waals surface area contributed by atoms with E-state index in [9.17, 15) is 19.2 Å². The van der Waals surface area contributed by atoms with Crippen LogP contribution in [-0.2, 0) is 9.59 Å². The van der Waals surface area contributed by atoms with Gasteiger partial charge in [-0.2, -0.15) is 0 Å². The van der Waals surface area contributed by atoms with Crippen molar-refractivity contribution in [2.45, 2.75) is 38.6 Å². The standard InChI is InChI=1S/C20H26N4O4S/c1-14-5-2-3-6-15(14)24-19(27)18(26)23(20(24)28)13-21-8-10-22(11-9-21)17(25)16-7-4-12-29-16/h4,7,12,14-15H,2-3,5-6,8-11,13H2,1H3/p+1/t14-,15+/m0/s1. The number of imide groups is 2. The molecule has 9 heteroatoms. The molecule has 1 N–H and O–H groups in total. The van der Waals surface area contributed by atoms with E-state index >= 15 is 0 Å². The molecule has 0 bridgehead atoms. The predicted molar refractivity (Wildman–Crippen MR) is 106 cm³/mol. The van der Waals surface area contributed by atoms with Crippen molar-refractivity contribution >= 4 is 35.1 Å². The molecule has 3 heterocycles. The number of carbonyl (C=O) groups excluding carboxylic acids is 4. The van der Waals surface area contributed by atoms with Gasteiger partial charge in [-0.3, -0.25) is 19.3 Å². The first-order chi connectivity index (χ1) is 14.0. The summed E-state index contributed by atoms with van der Waals surface area (Å²) in [6.07, 6.45) is 3.83. The molecule has 0 unspecified atom stereocenters. The Kier molecular flexibility index (Phi) is 5.69. The van der Waals surface area contributed by atoms with Crippen LogP contribution in [-0.4, -0.2) is 77.3 Å². The summed E-state index contributed by atoms with van der Waals surface area (Å²) < 4.78 is 0. The molecule has 2 aliphatic heterocycles. The number of rotatable bonds is 4. The number of urea groups is 1. The molecule has 0 radical (unpaired) electrons. The van der Waals surface area contributed by atoms with Gasteiger partial charge < -0.3 is 9.80 Å². The van der Waals surface area contributed by atoms with Gasteiger partial charge >= 0.3 is 17.8 Å². The first-order valence-electron chi connectivity index (χ1n) is 10.3. The topological polar surface area (TPSA) is 82.4 Å². The van der Waals surface area contributed by atoms with E-state index in [0.29, 0.717) is 26.2 Å². The Morgan fingerprint density at radius 2 is 1.86 bits per heavy atom. The van der Waals surface area contributed by atoms with Crippen LogP contribution in [0.4, 0.5) is 4.79 Å². The summed E-state index contributed by atoms with van der Waals surface area (Å²) in [5.41, 5.74) is 0. The second-order valence-electron chi connectivity index (χ2n) is 8.20. The molecule has 1 saturated carbocycles. The lowest BCUT2D eigenvalue weighted by molar-refractivity contribution is -0.911. The molecule has 1 aliphatic carbocycles. The minimum atomic E-state index is -0.711. The third-order valence-electron chi connectivity index (χ3n) is 6.35. The third kappa shape index (κ3) is 3.81. The monoisotopic (exact) mass is 419 g/mol. The van der Waals surface area contributed by atoms with E-state index in [1.54, 1.807) is 0 Å². The zero-order valence-electron chi connectivity index (χ0n) is 16.6. The number of hydrogen-bond acceptors (Lipinski definition) is 5. The zero-order valence-corrected chi connectivity index (χ0v) is 17.5. The number of nitrogens with zero attached hydrogens (tertiary/aromatic N) is 3. The minimum absolute atomic E-state index is 0.0278. The highest BCUT2D eigenvalue weighted by molar-refractivity contribution is 7.12. The molecule has 5 amide bonds. The van der Waals surface area contributed by atoms with E-state index in [1.807, 2.05) is 29.3 Å². The first kappa shape index (κ1) is 20.0. The highest BCUT2D eigenvalue weighted by Crippen LogP contribution is 2.30. The van der Waals surface area contributed by atoms with Gasteiger partial charge in [-0.15, -0.1) is 11.3 Å². The van der Waals surface area contributed by atoms with Crippen LogP contribution in [0, 0.1) is 5.92 Å². The second kappa shape index (κ2) is 8.23. The predicted octanol–water partition coefficient (Wildman–Crippen LogP) is 0.416. The number of nitrogens with one attached hydrogen (secondary N) is 1. The molecular formula is C20H27N4O4S+. The lowest BCUT2D eigenvalue weighted by Gasteiger charge is -2.35. The Balaban J connectivity index is 1.36. The van der Waals surface area contributed by atoms with Gasteiger partial charge in [-0.05, 0) is 30.2 Å². The number of amides is 5. The number of thiophene rings is 1. The Labute approximate surface area is 174 Å². The molecule has 0 spiro atoms. The van der Waals surface area contributed by atoms with Crippen LogP contribution in [0.15, 0.2) is 17.5 Å². The Morgan fingerprint density at radius 3 is 2.52 bits per heavy atom. The van der Waals surface area contributed by atoms with Gasteiger partial charge in [0.15, 0.2) is 6.67 Å². The molecule has 2 saturated heterocycles. The van der Waals surface area contributed by atoms with Gasteiger partial charge in [-0.1, -0.05) is 25.8 Å². The zero-order chi connectivity index (χ0) is 20.5. The summed E-state index contributed by atoms with van der Waals surface area (Å²) in [6.45, 7) is 4.65. The van der Waals surface area contributed by atoms with Gasteiger partial charge in [-0.25, -0.2) is 9.69 Å². The third-order valence-corrected chi connectivity index (χ3v) is 7.21. The van der Waals surface area contributed by atoms with Crippen molar-refractivity contribution in [2.24, 2.45) is 5.92 Å². The molecule has 0 aromatic carbocycles. The van der Waals surface area contributed by atoms with E-state index in [2.05, 4.69) is 0 Å². The van der Waals surface area contributed by atoms with Crippen LogP contribution in [0.5, 0.6) is 0 Å². The van der Waals surface area contributed by atoms with Crippen molar-refractivity contribution in [3.63, 3.8) is 0 Å². The summed E-state index contributed by atoms with van der Waals surface area (Å²) in [5, 5.41) is 1.88. The second-order valence-corrected chi connectivity index (χ2v) is 9.15. The van der Waals surface area contributed by atoms with Crippen LogP contribution >= 0.6 is 11.3 Å². The summed E-state index contributed by atoms with van der Waals surface area (Å²) in [7, 11) is 0. The lowest BCUT2D eigenvalue weighted by Crippen LogP contribution is -3.16. The van der Waals surface area contributed by atoms with Gasteiger partial charge in [0.05, 0.1) is 31.1 Å². The van der Waals surface area contributed by atoms with Crippen LogP contribution < -0.4 is 4.90 Å². The maximum absolute atomic E-state index is 12.9. The summed E-state index contributed by atoms with van der Waals surface area (Å²) in [5.74, 6) is -1.14. The molecule has 2 atom stereocenters. The van der Waals surface area contributed by atoms with Crippen molar-refractivity contribution in [3.05, 3.63) is 22.4 Å². The minimum Gasteiger partial charge on any atom is -0.327 e. The normalized spacial score (nSPS) is 26.5. The Morgan fingerprint density at radius 1 is 1.14 bits per heavy atom. The Bertz CT molecular complexity index is 803. The molecule has 4 rings (SSSR count). The van der Waals surface area contributed by atoms with Crippen molar-refractivity contribution in [2.75, 3.05) is 32.8 Å². The maximum atomic E-state index is 12.9. The van der Waals surface area contributed by atoms with E-state index in [1.165, 1.54) is 16.2 Å². The number of quaternary nitrogens is 1. The summed E-state index contributed by atoms with van der Waals surface area (Å²) in [6, 6.07) is 3.04. The molecule has 8 nitrogen and oxygen atoms in total. The fourth-order valence-corrected chi connectivity index (χ4v) is 5.29. The quantitative estimate of drug-likeness (QED) is 0.566. The average Bonchev–Trinajstić information content (AvgIpc) is 3.33. The molecule has 1 aromatic rings. The van der Waals surface area contributed by atoms with Gasteiger partial charge in [0, 0.05) is 6.04 Å². The van der Waals surface area contributed by atoms with E-state index < -0.39 is 17.8 Å². The summed E-state index contributed by atoms with van der Waals surface area (Å²) in [4.78, 5) is 56.3. The van der Waals surface area contributed by atoms with Crippen molar-refractivity contribution in [3.8, 4) is 0 Å². The van der Waals surface area contributed by atoms with Crippen LogP contribution in [0.3, 0.4) is 0 Å². The maximum Gasteiger partial charge on any atom is 0.338 e. The molecule has 156 valence electrons. The highest BCUT2D eigenvalue weighted by atomic mass is 32.1. The van der Waals surface area contributed by atoms with E-state index in [-0.39, 0.29) is 24.5 Å². The average molecular weight is 420 g/mol. The molecular weight excluding hydrogens is 392 g/mol. The lowest BCUT2D eigenvalue weighted by atomic mass is 9.85. The molecule has 1 aromatic heterocycles. The van der Waals surface area contributed by atoms with Crippen LogP contribution in [0.25, 0.3) is 0 Å². The molecule has 29 heavy (non-hydrogen) atoms. The van der Waals surface area contributed by atoms with Crippen molar-refractivity contribution in [1.29, 1.82) is 0 Å². The number of carbonyl (C=O) groups is 4. The fourth-order valence-electron chi connectivity index (χ4n) is 4.60. The fraction of sp³-hybridized carbons (Fsp3) is 0.600. The largest absolute Gasteiger partial charge is 0.338 e. The first-order valence-corrected chi connectivity index (χ1v) is 11.2. The van der Waals surface area contributed by atoms with Crippen molar-refractivity contribution in [1.82, 2.24) is 14.7 Å². The smallest absolute Gasteiger partial charge is 0.327 e. The van der Waals surface area contributed by atoms with Gasteiger partial charge in [0.25, 0.3) is 5.91 Å². The van der Waals surface area contributed by atoms with Gasteiger partial charge in [0.2, 0.25) is 0 Å². The van der Waals surface area contributed by atoms with E-state index in [0.717, 1.165) is 40.4 Å². The molecule has 3 aliphatic rings. The highest BCUT2D eigenvalue weighted by Gasteiger charge is 2.50. The van der Waals surface area contributed by atoms with Gasteiger partial charge in [0.1, 0.15) is 0 Å². The molecule has 3 fully saturated rings. The van der Waals surface area contributed by atoms with Crippen LogP contribution in [0.1, 0.15) is 42.3 Å². The summed E-state index contributed by atoms with van der Waals surface area (Å²) >= 11 is 1.43. The van der Waals surface area contributed by atoms with Crippen molar-refractivity contribution < 1.29 is 24.1 Å². The Hall–Kier alpha value is -2.26.